The molecule has 0 aliphatic carbocycles. The van der Waals surface area contributed by atoms with E-state index in [1.807, 2.05) is 73.7 Å². The lowest BCUT2D eigenvalue weighted by molar-refractivity contribution is -0.164. The molecule has 3 aromatic rings. The average molecular weight is 697 g/mol. The largest absolute Gasteiger partial charge is 0.455 e. The lowest BCUT2D eigenvalue weighted by atomic mass is 9.77. The smallest absolute Gasteiger partial charge is 0.313 e. The third kappa shape index (κ3) is 6.22. The maximum atomic E-state index is 14.8. The fraction of sp³-hybridized carbons (Fsp3) is 0.474. The molecule has 0 bridgehead atoms. The van der Waals surface area contributed by atoms with Gasteiger partial charge in [-0.3, -0.25) is 19.2 Å². The average Bonchev–Trinajstić information content (AvgIpc) is 3.74. The Morgan fingerprint density at radius 1 is 0.961 bits per heavy atom. The van der Waals surface area contributed by atoms with Gasteiger partial charge in [0.25, 0.3) is 5.91 Å². The zero-order valence-corrected chi connectivity index (χ0v) is 28.9. The third-order valence-corrected chi connectivity index (χ3v) is 10.8. The van der Waals surface area contributed by atoms with E-state index >= 15 is 0 Å². The van der Waals surface area contributed by atoms with Crippen molar-refractivity contribution in [2.75, 3.05) is 26.7 Å². The van der Waals surface area contributed by atoms with Gasteiger partial charge in [0.1, 0.15) is 35.9 Å². The van der Waals surface area contributed by atoms with Crippen LogP contribution in [0.5, 0.6) is 0 Å². The van der Waals surface area contributed by atoms with Crippen molar-refractivity contribution in [1.29, 1.82) is 0 Å². The number of likely N-dealkylation sites (tertiary alicyclic amines) is 1. The van der Waals surface area contributed by atoms with E-state index in [2.05, 4.69) is 10.3 Å². The van der Waals surface area contributed by atoms with Crippen molar-refractivity contribution >= 4 is 34.7 Å². The first-order chi connectivity index (χ1) is 24.7. The van der Waals surface area contributed by atoms with Gasteiger partial charge in [0.05, 0.1) is 23.6 Å². The first-order valence-corrected chi connectivity index (χ1v) is 17.8. The Balaban J connectivity index is 1.27. The normalized spacial score (nSPS) is 30.4. The number of allylic oxidation sites excluding steroid dienone is 1. The minimum Gasteiger partial charge on any atom is -0.455 e. The zero-order chi connectivity index (χ0) is 35.7. The van der Waals surface area contributed by atoms with Crippen molar-refractivity contribution in [1.82, 2.24) is 29.7 Å². The predicted molar refractivity (Wildman–Crippen MR) is 185 cm³/mol. The number of esters is 1. The van der Waals surface area contributed by atoms with Crippen LogP contribution in [0.4, 0.5) is 0 Å². The molecule has 2 fully saturated rings. The molecular weight excluding hydrogens is 652 g/mol. The molecule has 13 heteroatoms. The van der Waals surface area contributed by atoms with Crippen LogP contribution in [0.1, 0.15) is 50.7 Å². The lowest BCUT2D eigenvalue weighted by Crippen LogP contribution is -2.55. The van der Waals surface area contributed by atoms with Gasteiger partial charge in [-0.05, 0) is 50.3 Å². The Kier molecular flexibility index (Phi) is 9.75. The monoisotopic (exact) mass is 696 g/mol. The number of fused-ring (bicyclic) bond motifs is 3. The summed E-state index contributed by atoms with van der Waals surface area (Å²) in [7, 11) is 1.71. The van der Waals surface area contributed by atoms with E-state index in [4.69, 9.17) is 9.47 Å². The summed E-state index contributed by atoms with van der Waals surface area (Å²) < 4.78 is 14.8. The number of benzene rings is 2. The van der Waals surface area contributed by atoms with E-state index in [9.17, 15) is 24.3 Å². The number of nitrogens with zero attached hydrogens (tertiary/aromatic N) is 6. The van der Waals surface area contributed by atoms with Gasteiger partial charge in [0.2, 0.25) is 11.8 Å². The van der Waals surface area contributed by atoms with Gasteiger partial charge in [-0.2, -0.15) is 0 Å². The minimum absolute atomic E-state index is 0.0259. The summed E-state index contributed by atoms with van der Waals surface area (Å²) in [5.74, 6) is -3.48. The topological polar surface area (TPSA) is 147 Å². The van der Waals surface area contributed by atoms with Crippen LogP contribution in [-0.4, -0.2) is 109 Å². The summed E-state index contributed by atoms with van der Waals surface area (Å²) in [6.07, 6.45) is 7.92. The third-order valence-electron chi connectivity index (χ3n) is 10.8. The number of carbonyl (C=O) groups is 4. The van der Waals surface area contributed by atoms with Crippen LogP contribution >= 0.6 is 0 Å². The van der Waals surface area contributed by atoms with E-state index in [1.165, 1.54) is 0 Å². The Bertz CT molecular complexity index is 1840. The summed E-state index contributed by atoms with van der Waals surface area (Å²) in [6.45, 7) is 2.45. The van der Waals surface area contributed by atoms with Crippen LogP contribution in [-0.2, 0) is 35.3 Å². The number of aliphatic hydroxyl groups is 1. The van der Waals surface area contributed by atoms with E-state index in [1.54, 1.807) is 38.6 Å². The number of rotatable bonds is 8. The molecule has 0 radical (unpaired) electrons. The van der Waals surface area contributed by atoms with Crippen LogP contribution in [0.2, 0.25) is 0 Å². The number of carbonyl (C=O) groups excluding carboxylic acids is 4. The van der Waals surface area contributed by atoms with Crippen LogP contribution < -0.4 is 0 Å². The van der Waals surface area contributed by atoms with Crippen molar-refractivity contribution in [3.05, 3.63) is 84.5 Å². The second-order valence-corrected chi connectivity index (χ2v) is 13.8. The van der Waals surface area contributed by atoms with Crippen LogP contribution in [0.25, 0.3) is 11.0 Å². The van der Waals surface area contributed by atoms with Gasteiger partial charge >= 0.3 is 5.97 Å². The van der Waals surface area contributed by atoms with Crippen molar-refractivity contribution in [3.63, 3.8) is 0 Å². The molecule has 51 heavy (non-hydrogen) atoms. The second kappa shape index (κ2) is 14.4. The molecule has 0 saturated carbocycles. The van der Waals surface area contributed by atoms with Crippen LogP contribution in [0, 0.1) is 11.8 Å². The SMILES string of the molecule is C[C@H]1[C@H](c2ccccc2)OC(=O)[C@@H]2[C@H](/C=C\CCC(=O)N1C)O[C@@]13C=CCN(Cn4nnc5ccccc54)C(=O)[C@@H]1N(CCCCCO)C(=O)[C@@H]23. The Morgan fingerprint density at radius 3 is 2.55 bits per heavy atom. The number of hydrogen-bond acceptors (Lipinski definition) is 9. The Morgan fingerprint density at radius 2 is 1.75 bits per heavy atom. The molecule has 7 atom stereocenters. The molecule has 1 spiro atoms. The predicted octanol–water partition coefficient (Wildman–Crippen LogP) is 3.01. The molecule has 1 N–H and O–H groups in total. The van der Waals surface area contributed by atoms with E-state index in [0.717, 1.165) is 11.1 Å². The zero-order valence-electron chi connectivity index (χ0n) is 28.9. The summed E-state index contributed by atoms with van der Waals surface area (Å²) in [6, 6.07) is 15.2. The molecule has 1 aromatic heterocycles. The minimum atomic E-state index is -1.45. The van der Waals surface area contributed by atoms with E-state index in [-0.39, 0.29) is 50.5 Å². The molecule has 2 aromatic carbocycles. The highest BCUT2D eigenvalue weighted by Crippen LogP contribution is 2.53. The molecule has 3 amide bonds. The summed E-state index contributed by atoms with van der Waals surface area (Å²) in [4.78, 5) is 62.1. The van der Waals surface area contributed by atoms with E-state index in [0.29, 0.717) is 31.2 Å². The van der Waals surface area contributed by atoms with Crippen LogP contribution in [0.3, 0.4) is 0 Å². The summed E-state index contributed by atoms with van der Waals surface area (Å²) in [5.41, 5.74) is 0.730. The summed E-state index contributed by atoms with van der Waals surface area (Å²) in [5, 5.41) is 18.0. The highest BCUT2D eigenvalue weighted by atomic mass is 16.6. The molecule has 13 nitrogen and oxygen atoms in total. The van der Waals surface area contributed by atoms with Crippen molar-refractivity contribution in [2.45, 2.75) is 75.6 Å². The molecule has 268 valence electrons. The standard InChI is InChI=1S/C38H44N6O7/c1-25-33(26-14-5-3-6-15-26)50-37(49)31-29(18-9-10-19-30(46)41(25)2)51-38-20-13-21-42(24-44-28-17-8-7-16-27(28)39-40-44)36(48)34(38)43(35(47)32(31)38)22-11-4-12-23-45/h3,5-9,13-18,20,25,29,31-34,45H,4,10-12,19,21-24H2,1-2H3/b18-9-/t25-,29-,31+,32+,33+,34-,38+/m0/s1. The highest BCUT2D eigenvalue weighted by molar-refractivity contribution is 5.99. The van der Waals surface area contributed by atoms with Gasteiger partial charge in [0.15, 0.2) is 0 Å². The van der Waals surface area contributed by atoms with Gasteiger partial charge in [0, 0.05) is 33.2 Å². The number of ether oxygens (including phenoxy) is 2. The first kappa shape index (κ1) is 34.6. The second-order valence-electron chi connectivity index (χ2n) is 13.8. The Hall–Kier alpha value is -4.88. The first-order valence-electron chi connectivity index (χ1n) is 17.8. The van der Waals surface area contributed by atoms with Gasteiger partial charge < -0.3 is 29.3 Å². The Labute approximate surface area is 296 Å². The molecule has 2 saturated heterocycles. The fourth-order valence-corrected chi connectivity index (χ4v) is 8.06. The quantitative estimate of drug-likeness (QED) is 0.213. The van der Waals surface area contributed by atoms with Gasteiger partial charge in [-0.25, -0.2) is 4.68 Å². The van der Waals surface area contributed by atoms with Gasteiger partial charge in [-0.15, -0.1) is 5.10 Å². The number of cyclic esters (lactones) is 1. The number of likely N-dealkylation sites (N-methyl/N-ethyl adjacent to an activating group) is 1. The number of aliphatic hydroxyl groups excluding tert-OH is 1. The maximum absolute atomic E-state index is 14.8. The number of unbranched alkanes of at least 4 members (excludes halogenated alkanes) is 2. The van der Waals surface area contributed by atoms with Gasteiger partial charge in [-0.1, -0.05) is 72.0 Å². The number of aromatic nitrogens is 3. The maximum Gasteiger partial charge on any atom is 0.313 e. The summed E-state index contributed by atoms with van der Waals surface area (Å²) >= 11 is 0. The lowest BCUT2D eigenvalue weighted by Gasteiger charge is -2.35. The number of para-hydroxylation sites is 1. The van der Waals surface area contributed by atoms with Crippen molar-refractivity contribution in [3.8, 4) is 0 Å². The molecule has 4 aliphatic heterocycles. The molecule has 4 aliphatic rings. The number of amides is 3. The molecule has 7 rings (SSSR count). The number of hydrogen-bond donors (Lipinski definition) is 1. The van der Waals surface area contributed by atoms with Crippen molar-refractivity contribution < 1.29 is 33.8 Å². The van der Waals surface area contributed by atoms with Crippen LogP contribution in [0.15, 0.2) is 78.9 Å². The molecular formula is C38H44N6O7. The molecule has 5 heterocycles. The highest BCUT2D eigenvalue weighted by Gasteiger charge is 2.71. The fourth-order valence-electron chi connectivity index (χ4n) is 8.06. The van der Waals surface area contributed by atoms with E-state index < -0.39 is 47.7 Å². The van der Waals surface area contributed by atoms with Crippen molar-refractivity contribution in [2.24, 2.45) is 11.8 Å². The molecule has 0 unspecified atom stereocenters.